The normalized spacial score (nSPS) is 15.4. The Morgan fingerprint density at radius 2 is 1.61 bits per heavy atom. The number of amides is 1. The van der Waals surface area contributed by atoms with Crippen molar-refractivity contribution in [3.63, 3.8) is 0 Å². The molecule has 0 aromatic heterocycles. The summed E-state index contributed by atoms with van der Waals surface area (Å²) in [6.07, 6.45) is 4.82. The lowest BCUT2D eigenvalue weighted by Gasteiger charge is -2.32. The second-order valence-corrected chi connectivity index (χ2v) is 10.5. The van der Waals surface area contributed by atoms with Gasteiger partial charge in [0.15, 0.2) is 0 Å². The molecule has 202 valence electrons. The lowest BCUT2D eigenvalue weighted by atomic mass is 9.89. The van der Waals surface area contributed by atoms with Crippen LogP contribution in [0.5, 0.6) is 5.75 Å². The monoisotopic (exact) mass is 520 g/mol. The predicted molar refractivity (Wildman–Crippen MR) is 148 cm³/mol. The number of benzene rings is 3. The number of halogens is 2. The van der Waals surface area contributed by atoms with Crippen LogP contribution in [0.4, 0.5) is 14.5 Å². The smallest absolute Gasteiger partial charge is 0.226 e. The highest BCUT2D eigenvalue weighted by Gasteiger charge is 2.21. The zero-order valence-corrected chi connectivity index (χ0v) is 22.3. The van der Waals surface area contributed by atoms with E-state index in [2.05, 4.69) is 22.3 Å². The van der Waals surface area contributed by atoms with Crippen molar-refractivity contribution in [1.29, 1.82) is 0 Å². The zero-order chi connectivity index (χ0) is 26.9. The van der Waals surface area contributed by atoms with Crippen molar-refractivity contribution in [2.45, 2.75) is 58.0 Å². The van der Waals surface area contributed by atoms with Gasteiger partial charge in [0.05, 0.1) is 0 Å². The van der Waals surface area contributed by atoms with Gasteiger partial charge in [-0.25, -0.2) is 8.78 Å². The number of carbonyl (C=O) groups is 1. The van der Waals surface area contributed by atoms with Crippen LogP contribution in [-0.4, -0.2) is 30.4 Å². The molecule has 0 spiro atoms. The molecule has 4 nitrogen and oxygen atoms in total. The van der Waals surface area contributed by atoms with Crippen molar-refractivity contribution < 1.29 is 18.3 Å². The van der Waals surface area contributed by atoms with Gasteiger partial charge in [-0.2, -0.15) is 0 Å². The van der Waals surface area contributed by atoms with Crippen LogP contribution in [0.25, 0.3) is 0 Å². The number of anilines is 1. The first-order valence-electron chi connectivity index (χ1n) is 13.7. The molecule has 38 heavy (non-hydrogen) atoms. The summed E-state index contributed by atoms with van der Waals surface area (Å²) in [5.74, 6) is 0.545. The minimum atomic E-state index is -0.301. The molecular formula is C32H38F2N2O2. The van der Waals surface area contributed by atoms with Crippen molar-refractivity contribution in [2.75, 3.05) is 25.0 Å². The van der Waals surface area contributed by atoms with Gasteiger partial charge >= 0.3 is 0 Å². The van der Waals surface area contributed by atoms with Crippen molar-refractivity contribution in [2.24, 2.45) is 5.92 Å². The molecule has 1 aliphatic rings. The molecule has 1 atom stereocenters. The number of nitrogens with zero attached hydrogens (tertiary/aromatic N) is 1. The Labute approximate surface area is 225 Å². The Morgan fingerprint density at radius 3 is 2.26 bits per heavy atom. The molecule has 0 aliphatic carbocycles. The fourth-order valence-corrected chi connectivity index (χ4v) is 4.96. The first kappa shape index (κ1) is 27.8. The van der Waals surface area contributed by atoms with Gasteiger partial charge in [0.1, 0.15) is 23.5 Å². The quantitative estimate of drug-likeness (QED) is 0.263. The van der Waals surface area contributed by atoms with E-state index in [1.54, 1.807) is 24.3 Å². The first-order valence-corrected chi connectivity index (χ1v) is 13.7. The number of carbonyl (C=O) groups excluding carboxylic acids is 1. The fourth-order valence-electron chi connectivity index (χ4n) is 4.96. The Morgan fingerprint density at radius 1 is 0.947 bits per heavy atom. The van der Waals surface area contributed by atoms with Gasteiger partial charge in [-0.3, -0.25) is 4.79 Å². The topological polar surface area (TPSA) is 41.6 Å². The molecule has 0 radical (unpaired) electrons. The van der Waals surface area contributed by atoms with E-state index in [-0.39, 0.29) is 29.6 Å². The van der Waals surface area contributed by atoms with E-state index in [4.69, 9.17) is 4.74 Å². The van der Waals surface area contributed by atoms with Crippen LogP contribution in [0.15, 0.2) is 72.8 Å². The Bertz CT molecular complexity index is 1160. The number of piperidine rings is 1. The van der Waals surface area contributed by atoms with Crippen molar-refractivity contribution >= 4 is 11.6 Å². The Hall–Kier alpha value is -3.25. The van der Waals surface area contributed by atoms with E-state index >= 15 is 0 Å². The molecule has 3 aromatic carbocycles. The largest absolute Gasteiger partial charge is 0.486 e. The molecule has 1 unspecified atom stereocenters. The maximum Gasteiger partial charge on any atom is 0.226 e. The standard InChI is InChI=1S/C32H38F2N2O2/c1-23(2)32(37)35-29-7-5-6-26(22-29)24-17-20-36(21-18-24)19-4-3-8-31(25-9-11-27(33)12-10-25)38-30-15-13-28(34)14-16-30/h5-7,9-16,22-24,31H,3-4,8,17-21H2,1-2H3,(H,35,37). The summed E-state index contributed by atoms with van der Waals surface area (Å²) in [7, 11) is 0. The average Bonchev–Trinajstić information content (AvgIpc) is 2.92. The third-order valence-electron chi connectivity index (χ3n) is 7.26. The number of ether oxygens (including phenoxy) is 1. The number of nitrogens with one attached hydrogen (secondary N) is 1. The fraction of sp³-hybridized carbons (Fsp3) is 0.406. The third kappa shape index (κ3) is 8.12. The summed E-state index contributed by atoms with van der Waals surface area (Å²) in [6.45, 7) is 6.94. The van der Waals surface area contributed by atoms with Crippen LogP contribution in [0.1, 0.15) is 69.1 Å². The molecule has 1 fully saturated rings. The molecule has 1 N–H and O–H groups in total. The van der Waals surface area contributed by atoms with Crippen molar-refractivity contribution in [1.82, 2.24) is 4.90 Å². The van der Waals surface area contributed by atoms with E-state index in [1.807, 2.05) is 26.0 Å². The molecule has 1 amide bonds. The van der Waals surface area contributed by atoms with Gasteiger partial charge in [-0.1, -0.05) is 38.1 Å². The van der Waals surface area contributed by atoms with Crippen LogP contribution < -0.4 is 10.1 Å². The highest BCUT2D eigenvalue weighted by atomic mass is 19.1. The third-order valence-corrected chi connectivity index (χ3v) is 7.26. The maximum absolute atomic E-state index is 13.5. The van der Waals surface area contributed by atoms with Gasteiger partial charge in [-0.05, 0) is 117 Å². The lowest BCUT2D eigenvalue weighted by molar-refractivity contribution is -0.118. The second kappa shape index (κ2) is 13.5. The van der Waals surface area contributed by atoms with Gasteiger partial charge in [0, 0.05) is 11.6 Å². The van der Waals surface area contributed by atoms with Crippen molar-refractivity contribution in [3.05, 3.63) is 95.6 Å². The molecule has 0 saturated carbocycles. The number of likely N-dealkylation sites (tertiary alicyclic amines) is 1. The Kier molecular flexibility index (Phi) is 9.88. The zero-order valence-electron chi connectivity index (χ0n) is 22.3. The highest BCUT2D eigenvalue weighted by Crippen LogP contribution is 2.31. The van der Waals surface area contributed by atoms with Crippen LogP contribution in [0, 0.1) is 17.6 Å². The van der Waals surface area contributed by atoms with E-state index < -0.39 is 0 Å². The number of rotatable bonds is 11. The van der Waals surface area contributed by atoms with Gasteiger partial charge in [-0.15, -0.1) is 0 Å². The van der Waals surface area contributed by atoms with E-state index in [0.29, 0.717) is 11.7 Å². The van der Waals surface area contributed by atoms with Crippen LogP contribution >= 0.6 is 0 Å². The predicted octanol–water partition coefficient (Wildman–Crippen LogP) is 7.73. The summed E-state index contributed by atoms with van der Waals surface area (Å²) in [5.41, 5.74) is 3.09. The van der Waals surface area contributed by atoms with Crippen molar-refractivity contribution in [3.8, 4) is 5.75 Å². The molecule has 1 aliphatic heterocycles. The Balaban J connectivity index is 1.24. The molecule has 1 heterocycles. The molecule has 4 rings (SSSR count). The van der Waals surface area contributed by atoms with Gasteiger partial charge in [0.25, 0.3) is 0 Å². The first-order chi connectivity index (χ1) is 18.4. The van der Waals surface area contributed by atoms with Crippen LogP contribution in [0.2, 0.25) is 0 Å². The second-order valence-electron chi connectivity index (χ2n) is 10.5. The molecule has 6 heteroatoms. The minimum absolute atomic E-state index is 0.0395. The lowest BCUT2D eigenvalue weighted by Crippen LogP contribution is -2.33. The number of hydrogen-bond donors (Lipinski definition) is 1. The molecule has 0 bridgehead atoms. The van der Waals surface area contributed by atoms with E-state index in [0.717, 1.165) is 63.0 Å². The average molecular weight is 521 g/mol. The van der Waals surface area contributed by atoms with Gasteiger partial charge < -0.3 is 15.0 Å². The maximum atomic E-state index is 13.5. The SMILES string of the molecule is CC(C)C(=O)Nc1cccc(C2CCN(CCCCC(Oc3ccc(F)cc3)c3ccc(F)cc3)CC2)c1. The van der Waals surface area contributed by atoms with Crippen LogP contribution in [0.3, 0.4) is 0 Å². The highest BCUT2D eigenvalue weighted by molar-refractivity contribution is 5.92. The van der Waals surface area contributed by atoms with Crippen LogP contribution in [-0.2, 0) is 4.79 Å². The van der Waals surface area contributed by atoms with Gasteiger partial charge in [0.2, 0.25) is 5.91 Å². The molecular weight excluding hydrogens is 482 g/mol. The summed E-state index contributed by atoms with van der Waals surface area (Å²) in [5, 5.41) is 3.01. The van der Waals surface area contributed by atoms with E-state index in [9.17, 15) is 13.6 Å². The summed E-state index contributed by atoms with van der Waals surface area (Å²) in [6, 6.07) is 20.7. The summed E-state index contributed by atoms with van der Waals surface area (Å²) < 4.78 is 32.9. The number of hydrogen-bond acceptors (Lipinski definition) is 3. The summed E-state index contributed by atoms with van der Waals surface area (Å²) in [4.78, 5) is 14.6. The summed E-state index contributed by atoms with van der Waals surface area (Å²) >= 11 is 0. The molecule has 1 saturated heterocycles. The van der Waals surface area contributed by atoms with E-state index in [1.165, 1.54) is 29.8 Å². The number of unbranched alkanes of at least 4 members (excludes halogenated alkanes) is 1. The minimum Gasteiger partial charge on any atom is -0.486 e. The molecule has 3 aromatic rings.